The van der Waals surface area contributed by atoms with Crippen LogP contribution < -0.4 is 10.5 Å². The molecule has 1 aromatic carbocycles. The summed E-state index contributed by atoms with van der Waals surface area (Å²) in [5, 5.41) is 10.8. The van der Waals surface area contributed by atoms with E-state index in [0.29, 0.717) is 5.56 Å². The number of hydrogen-bond donors (Lipinski definition) is 1. The first-order valence-electron chi connectivity index (χ1n) is 5.18. The SMILES string of the molecule is Cc1cc(F)ccc1Oc1nc(N)ncc1[N+](=O)[O-]. The summed E-state index contributed by atoms with van der Waals surface area (Å²) in [6, 6.07) is 3.77. The number of nitrogens with two attached hydrogens (primary N) is 1. The third-order valence-corrected chi connectivity index (χ3v) is 2.29. The highest BCUT2D eigenvalue weighted by atomic mass is 19.1. The molecule has 0 atom stereocenters. The zero-order valence-electron chi connectivity index (χ0n) is 9.83. The Kier molecular flexibility index (Phi) is 3.23. The van der Waals surface area contributed by atoms with Crippen LogP contribution in [0, 0.1) is 22.9 Å². The Morgan fingerprint density at radius 1 is 1.47 bits per heavy atom. The van der Waals surface area contributed by atoms with Crippen molar-refractivity contribution in [3.8, 4) is 11.6 Å². The fourth-order valence-corrected chi connectivity index (χ4v) is 1.40. The molecule has 7 nitrogen and oxygen atoms in total. The number of anilines is 1. The summed E-state index contributed by atoms with van der Waals surface area (Å²) in [7, 11) is 0. The number of benzene rings is 1. The van der Waals surface area contributed by atoms with E-state index >= 15 is 0 Å². The number of nitrogens with zero attached hydrogens (tertiary/aromatic N) is 3. The second-order valence-corrected chi connectivity index (χ2v) is 3.69. The van der Waals surface area contributed by atoms with Crippen LogP contribution in [0.2, 0.25) is 0 Å². The number of nitrogen functional groups attached to an aromatic ring is 1. The van der Waals surface area contributed by atoms with Crippen LogP contribution in [0.1, 0.15) is 5.56 Å². The number of hydrogen-bond acceptors (Lipinski definition) is 6. The zero-order valence-corrected chi connectivity index (χ0v) is 9.83. The molecule has 2 rings (SSSR count). The van der Waals surface area contributed by atoms with Gasteiger partial charge in [0.05, 0.1) is 4.92 Å². The van der Waals surface area contributed by atoms with Gasteiger partial charge in [0, 0.05) is 0 Å². The maximum Gasteiger partial charge on any atom is 0.349 e. The number of rotatable bonds is 3. The predicted octanol–water partition coefficient (Wildman–Crippen LogP) is 2.21. The van der Waals surface area contributed by atoms with Crippen LogP contribution in [-0.4, -0.2) is 14.9 Å². The van der Waals surface area contributed by atoms with Crippen molar-refractivity contribution in [2.24, 2.45) is 0 Å². The summed E-state index contributed by atoms with van der Waals surface area (Å²) in [6.07, 6.45) is 0.955. The van der Waals surface area contributed by atoms with Gasteiger partial charge in [-0.3, -0.25) is 10.1 Å². The van der Waals surface area contributed by atoms with Gasteiger partial charge >= 0.3 is 11.6 Å². The van der Waals surface area contributed by atoms with Crippen molar-refractivity contribution in [2.75, 3.05) is 5.73 Å². The Bertz CT molecular complexity index is 648. The quantitative estimate of drug-likeness (QED) is 0.673. The molecule has 0 aliphatic heterocycles. The van der Waals surface area contributed by atoms with Gasteiger partial charge < -0.3 is 10.5 Å². The van der Waals surface area contributed by atoms with Gasteiger partial charge in [0.25, 0.3) is 0 Å². The van der Waals surface area contributed by atoms with Crippen molar-refractivity contribution in [1.82, 2.24) is 9.97 Å². The molecule has 1 heterocycles. The molecule has 98 valence electrons. The lowest BCUT2D eigenvalue weighted by Crippen LogP contribution is -2.02. The van der Waals surface area contributed by atoms with E-state index in [9.17, 15) is 14.5 Å². The van der Waals surface area contributed by atoms with Crippen molar-refractivity contribution in [2.45, 2.75) is 6.92 Å². The fourth-order valence-electron chi connectivity index (χ4n) is 1.40. The molecule has 0 aliphatic carbocycles. The number of ether oxygens (including phenoxy) is 1. The normalized spacial score (nSPS) is 10.2. The summed E-state index contributed by atoms with van der Waals surface area (Å²) >= 11 is 0. The molecule has 19 heavy (non-hydrogen) atoms. The molecule has 0 unspecified atom stereocenters. The van der Waals surface area contributed by atoms with Crippen LogP contribution in [0.4, 0.5) is 16.0 Å². The minimum absolute atomic E-state index is 0.152. The summed E-state index contributed by atoms with van der Waals surface area (Å²) in [5.74, 6) is -0.614. The van der Waals surface area contributed by atoms with E-state index in [-0.39, 0.29) is 17.6 Å². The second-order valence-electron chi connectivity index (χ2n) is 3.69. The number of halogens is 1. The largest absolute Gasteiger partial charge is 0.433 e. The van der Waals surface area contributed by atoms with Gasteiger partial charge in [0.1, 0.15) is 17.8 Å². The highest BCUT2D eigenvalue weighted by Crippen LogP contribution is 2.30. The first-order chi connectivity index (χ1) is 8.97. The molecular formula is C11H9FN4O3. The first kappa shape index (κ1) is 12.7. The smallest absolute Gasteiger partial charge is 0.349 e. The molecule has 8 heteroatoms. The van der Waals surface area contributed by atoms with Gasteiger partial charge in [0.2, 0.25) is 5.95 Å². The molecule has 0 saturated heterocycles. The highest BCUT2D eigenvalue weighted by molar-refractivity contribution is 5.45. The van der Waals surface area contributed by atoms with E-state index in [1.165, 1.54) is 18.2 Å². The Hall–Kier alpha value is -2.77. The third kappa shape index (κ3) is 2.73. The van der Waals surface area contributed by atoms with Crippen molar-refractivity contribution in [3.05, 3.63) is 45.9 Å². The predicted molar refractivity (Wildman–Crippen MR) is 64.3 cm³/mol. The maximum atomic E-state index is 12.9. The number of aryl methyl sites for hydroxylation is 1. The Morgan fingerprint density at radius 3 is 2.84 bits per heavy atom. The zero-order chi connectivity index (χ0) is 14.0. The molecule has 0 spiro atoms. The molecule has 0 bridgehead atoms. The van der Waals surface area contributed by atoms with Crippen molar-refractivity contribution < 1.29 is 14.1 Å². The average Bonchev–Trinajstić information content (AvgIpc) is 2.32. The summed E-state index contributed by atoms with van der Waals surface area (Å²) < 4.78 is 18.2. The summed E-state index contributed by atoms with van der Waals surface area (Å²) in [4.78, 5) is 17.3. The van der Waals surface area contributed by atoms with Crippen molar-refractivity contribution in [1.29, 1.82) is 0 Å². The Labute approximate surface area is 107 Å². The molecule has 0 saturated carbocycles. The molecule has 0 radical (unpaired) electrons. The lowest BCUT2D eigenvalue weighted by atomic mass is 10.2. The topological polar surface area (TPSA) is 104 Å². The fraction of sp³-hybridized carbons (Fsp3) is 0.0909. The first-order valence-corrected chi connectivity index (χ1v) is 5.18. The molecule has 2 aromatic rings. The van der Waals surface area contributed by atoms with E-state index in [1.54, 1.807) is 6.92 Å². The van der Waals surface area contributed by atoms with Crippen LogP contribution in [0.5, 0.6) is 11.6 Å². The molecule has 0 aliphatic rings. The van der Waals surface area contributed by atoms with Crippen LogP contribution in [0.15, 0.2) is 24.4 Å². The van der Waals surface area contributed by atoms with E-state index in [4.69, 9.17) is 10.5 Å². The maximum absolute atomic E-state index is 12.9. The molecule has 0 amide bonds. The molecule has 1 aromatic heterocycles. The van der Waals surface area contributed by atoms with E-state index < -0.39 is 16.4 Å². The minimum Gasteiger partial charge on any atom is -0.433 e. The minimum atomic E-state index is -0.687. The monoisotopic (exact) mass is 264 g/mol. The Balaban J connectivity index is 2.42. The van der Waals surface area contributed by atoms with Crippen LogP contribution in [0.25, 0.3) is 0 Å². The lowest BCUT2D eigenvalue weighted by Gasteiger charge is -2.08. The van der Waals surface area contributed by atoms with Crippen LogP contribution in [-0.2, 0) is 0 Å². The van der Waals surface area contributed by atoms with Gasteiger partial charge in [-0.2, -0.15) is 4.98 Å². The second kappa shape index (κ2) is 4.84. The lowest BCUT2D eigenvalue weighted by molar-refractivity contribution is -0.386. The van der Waals surface area contributed by atoms with Crippen molar-refractivity contribution >= 4 is 11.6 Å². The van der Waals surface area contributed by atoms with E-state index in [0.717, 1.165) is 6.20 Å². The van der Waals surface area contributed by atoms with E-state index in [1.807, 2.05) is 0 Å². The summed E-state index contributed by atoms with van der Waals surface area (Å²) in [6.45, 7) is 1.61. The van der Waals surface area contributed by atoms with E-state index in [2.05, 4.69) is 9.97 Å². The molecule has 0 fully saturated rings. The standard InChI is InChI=1S/C11H9FN4O3/c1-6-4-7(12)2-3-9(6)19-10-8(16(17)18)5-14-11(13)15-10/h2-5H,1H3,(H2,13,14,15). The number of aromatic nitrogens is 2. The third-order valence-electron chi connectivity index (χ3n) is 2.29. The average molecular weight is 264 g/mol. The van der Waals surface area contributed by atoms with Gasteiger partial charge in [-0.05, 0) is 30.7 Å². The molecular weight excluding hydrogens is 255 g/mol. The van der Waals surface area contributed by atoms with Gasteiger partial charge in [0.15, 0.2) is 0 Å². The van der Waals surface area contributed by atoms with Gasteiger partial charge in [-0.15, -0.1) is 0 Å². The van der Waals surface area contributed by atoms with Crippen LogP contribution >= 0.6 is 0 Å². The van der Waals surface area contributed by atoms with Crippen molar-refractivity contribution in [3.63, 3.8) is 0 Å². The van der Waals surface area contributed by atoms with Crippen LogP contribution in [0.3, 0.4) is 0 Å². The molecule has 2 N–H and O–H groups in total. The summed E-state index contributed by atoms with van der Waals surface area (Å²) in [5.41, 5.74) is 5.42. The highest BCUT2D eigenvalue weighted by Gasteiger charge is 2.19. The number of nitro groups is 1. The van der Waals surface area contributed by atoms with Gasteiger partial charge in [-0.1, -0.05) is 0 Å². The van der Waals surface area contributed by atoms with Gasteiger partial charge in [-0.25, -0.2) is 9.37 Å². The Morgan fingerprint density at radius 2 is 2.21 bits per heavy atom.